The van der Waals surface area contributed by atoms with Gasteiger partial charge in [-0.1, -0.05) is 48.8 Å². The Labute approximate surface area is 130 Å². The predicted octanol–water partition coefficient (Wildman–Crippen LogP) is 3.54. The molecule has 0 aromatic heterocycles. The van der Waals surface area contributed by atoms with Gasteiger partial charge in [0.1, 0.15) is 11.6 Å². The topological polar surface area (TPSA) is 74.2 Å². The number of carbonyl (C=O) groups is 1. The van der Waals surface area contributed by atoms with Crippen molar-refractivity contribution in [3.05, 3.63) is 35.9 Å². The number of hydrogen-bond donors (Lipinski definition) is 0. The van der Waals surface area contributed by atoms with E-state index in [2.05, 4.69) is 5.16 Å². The molecule has 1 aromatic carbocycles. The van der Waals surface area contributed by atoms with Crippen LogP contribution in [0.5, 0.6) is 0 Å². The molecule has 7 heteroatoms. The molecule has 1 aliphatic heterocycles. The van der Waals surface area contributed by atoms with Gasteiger partial charge in [-0.15, -0.1) is 0 Å². The van der Waals surface area contributed by atoms with Gasteiger partial charge in [-0.3, -0.25) is 4.57 Å². The van der Waals surface area contributed by atoms with Gasteiger partial charge in [-0.2, -0.15) is 0 Å². The Morgan fingerprint density at radius 1 is 1.27 bits per heavy atom. The van der Waals surface area contributed by atoms with Crippen molar-refractivity contribution in [2.75, 3.05) is 14.2 Å². The molecule has 0 spiro atoms. The van der Waals surface area contributed by atoms with Crippen LogP contribution in [0.3, 0.4) is 0 Å². The van der Waals surface area contributed by atoms with E-state index in [9.17, 15) is 9.36 Å². The van der Waals surface area contributed by atoms with Crippen molar-refractivity contribution >= 4 is 19.3 Å². The van der Waals surface area contributed by atoms with Gasteiger partial charge in [0.25, 0.3) is 0 Å². The maximum atomic E-state index is 13.0. The summed E-state index contributed by atoms with van der Waals surface area (Å²) in [5.74, 6) is -1.28. The first-order valence-electron chi connectivity index (χ1n) is 7.11. The average Bonchev–Trinajstić information content (AvgIpc) is 2.90. The van der Waals surface area contributed by atoms with Crippen LogP contribution in [0.4, 0.5) is 0 Å². The Morgan fingerprint density at radius 2 is 1.91 bits per heavy atom. The van der Waals surface area contributed by atoms with Crippen LogP contribution in [0.25, 0.3) is 0 Å². The first kappa shape index (κ1) is 16.9. The number of rotatable bonds is 7. The molecule has 120 valence electrons. The van der Waals surface area contributed by atoms with Crippen LogP contribution in [0.1, 0.15) is 31.0 Å². The molecule has 2 atom stereocenters. The van der Waals surface area contributed by atoms with Gasteiger partial charge in [0.2, 0.25) is 0 Å². The van der Waals surface area contributed by atoms with E-state index in [-0.39, 0.29) is 0 Å². The smallest absolute Gasteiger partial charge is 0.318 e. The lowest BCUT2D eigenvalue weighted by atomic mass is 9.92. The summed E-state index contributed by atoms with van der Waals surface area (Å²) in [6, 6.07) is 9.07. The Balaban J connectivity index is 2.51. The summed E-state index contributed by atoms with van der Waals surface area (Å²) >= 11 is 0. The monoisotopic (exact) mass is 325 g/mol. The lowest BCUT2D eigenvalue weighted by molar-refractivity contribution is -0.143. The van der Waals surface area contributed by atoms with E-state index in [4.69, 9.17) is 13.9 Å². The summed E-state index contributed by atoms with van der Waals surface area (Å²) in [4.78, 5) is 17.0. The third-order valence-electron chi connectivity index (χ3n) is 3.68. The largest absolute Gasteiger partial charge is 0.345 e. The maximum Gasteiger partial charge on any atom is 0.345 e. The fourth-order valence-electron chi connectivity index (χ4n) is 2.63. The molecule has 0 amide bonds. The van der Waals surface area contributed by atoms with Crippen molar-refractivity contribution < 1.29 is 23.2 Å². The van der Waals surface area contributed by atoms with Gasteiger partial charge in [-0.25, -0.2) is 4.79 Å². The zero-order valence-corrected chi connectivity index (χ0v) is 13.8. The molecule has 1 aliphatic rings. The lowest BCUT2D eigenvalue weighted by Crippen LogP contribution is -2.27. The van der Waals surface area contributed by atoms with E-state index in [1.165, 1.54) is 14.2 Å². The molecule has 0 radical (unpaired) electrons. The Morgan fingerprint density at radius 3 is 2.45 bits per heavy atom. The van der Waals surface area contributed by atoms with Gasteiger partial charge in [-0.05, 0) is 12.0 Å². The van der Waals surface area contributed by atoms with E-state index in [0.717, 1.165) is 6.42 Å². The summed E-state index contributed by atoms with van der Waals surface area (Å²) in [6.45, 7) is 1.98. The molecule has 0 fully saturated rings. The first-order chi connectivity index (χ1) is 10.6. The van der Waals surface area contributed by atoms with E-state index < -0.39 is 25.1 Å². The minimum atomic E-state index is -3.54. The normalized spacial score (nSPS) is 19.7. The fourth-order valence-corrected chi connectivity index (χ4v) is 4.43. The molecular weight excluding hydrogens is 305 g/mol. The quantitative estimate of drug-likeness (QED) is 0.566. The van der Waals surface area contributed by atoms with Gasteiger partial charge in [0, 0.05) is 14.2 Å². The molecule has 1 heterocycles. The van der Waals surface area contributed by atoms with Gasteiger partial charge in [0.15, 0.2) is 0 Å². The average molecular weight is 325 g/mol. The molecule has 22 heavy (non-hydrogen) atoms. The second-order valence-electron chi connectivity index (χ2n) is 4.98. The number of carbonyl (C=O) groups excluding carboxylic acids is 1. The van der Waals surface area contributed by atoms with Crippen molar-refractivity contribution in [2.24, 2.45) is 11.1 Å². The molecule has 6 nitrogen and oxygen atoms in total. The van der Waals surface area contributed by atoms with Crippen molar-refractivity contribution in [3.63, 3.8) is 0 Å². The third-order valence-corrected chi connectivity index (χ3v) is 5.97. The number of oxime groups is 1. The van der Waals surface area contributed by atoms with Crippen molar-refractivity contribution in [1.82, 2.24) is 0 Å². The van der Waals surface area contributed by atoms with Crippen LogP contribution in [-0.2, 0) is 23.2 Å². The molecule has 0 bridgehead atoms. The Hall–Kier alpha value is -1.49. The summed E-state index contributed by atoms with van der Waals surface area (Å²) in [7, 11) is -0.909. The van der Waals surface area contributed by atoms with Crippen molar-refractivity contribution in [3.8, 4) is 0 Å². The number of nitrogens with zero attached hydrogens (tertiary/aromatic N) is 1. The van der Waals surface area contributed by atoms with Crippen LogP contribution in [0.15, 0.2) is 35.5 Å². The third kappa shape index (κ3) is 3.14. The van der Waals surface area contributed by atoms with E-state index in [1.807, 2.05) is 25.1 Å². The van der Waals surface area contributed by atoms with Crippen LogP contribution in [-0.4, -0.2) is 25.9 Å². The minimum absolute atomic E-state index is 0.522. The summed E-state index contributed by atoms with van der Waals surface area (Å²) in [6.07, 6.45) is 1.39. The van der Waals surface area contributed by atoms with Gasteiger partial charge < -0.3 is 13.9 Å². The van der Waals surface area contributed by atoms with Crippen molar-refractivity contribution in [2.45, 2.75) is 25.4 Å². The van der Waals surface area contributed by atoms with Gasteiger partial charge >= 0.3 is 13.6 Å². The highest BCUT2D eigenvalue weighted by atomic mass is 31.2. The number of hydrogen-bond acceptors (Lipinski definition) is 6. The van der Waals surface area contributed by atoms with E-state index >= 15 is 0 Å². The van der Waals surface area contributed by atoms with E-state index in [1.54, 1.807) is 12.1 Å². The Bertz CT molecular complexity index is 593. The van der Waals surface area contributed by atoms with Crippen molar-refractivity contribution in [1.29, 1.82) is 0 Å². The maximum absolute atomic E-state index is 13.0. The highest BCUT2D eigenvalue weighted by Gasteiger charge is 2.49. The highest BCUT2D eigenvalue weighted by Crippen LogP contribution is 2.63. The summed E-state index contributed by atoms with van der Waals surface area (Å²) in [5.41, 5.74) is 0.502. The highest BCUT2D eigenvalue weighted by molar-refractivity contribution is 7.54. The van der Waals surface area contributed by atoms with Crippen LogP contribution < -0.4 is 0 Å². The molecule has 2 unspecified atom stereocenters. The van der Waals surface area contributed by atoms with Crippen LogP contribution >= 0.6 is 7.60 Å². The Kier molecular flexibility index (Phi) is 5.51. The van der Waals surface area contributed by atoms with Crippen LogP contribution in [0, 0.1) is 5.92 Å². The zero-order valence-electron chi connectivity index (χ0n) is 12.9. The van der Waals surface area contributed by atoms with E-state index in [0.29, 0.717) is 17.7 Å². The van der Waals surface area contributed by atoms with Gasteiger partial charge in [0.05, 0.1) is 5.71 Å². The standard InChI is InChI=1S/C15H20NO5P/c1-4-8-12-13(15(17)21-16-12)14(22(18,19-2)20-3)11-9-6-5-7-10-11/h5-7,9-10,13-14H,4,8H2,1-3H3. The second kappa shape index (κ2) is 7.18. The lowest BCUT2D eigenvalue weighted by Gasteiger charge is -2.28. The molecule has 2 rings (SSSR count). The first-order valence-corrected chi connectivity index (χ1v) is 8.72. The molecular formula is C15H20NO5P. The SMILES string of the molecule is CCCC1=NOC(=O)C1C(c1ccccc1)P(=O)(OC)OC. The van der Waals surface area contributed by atoms with Crippen LogP contribution in [0.2, 0.25) is 0 Å². The molecule has 0 N–H and O–H groups in total. The second-order valence-corrected chi connectivity index (χ2v) is 7.35. The molecule has 0 aliphatic carbocycles. The fraction of sp³-hybridized carbons (Fsp3) is 0.467. The predicted molar refractivity (Wildman–Crippen MR) is 82.7 cm³/mol. The molecule has 1 aromatic rings. The minimum Gasteiger partial charge on any atom is -0.318 e. The molecule has 0 saturated carbocycles. The molecule has 0 saturated heterocycles. The summed E-state index contributed by atoms with van der Waals surface area (Å²) in [5, 5.41) is 3.85. The summed E-state index contributed by atoms with van der Waals surface area (Å²) < 4.78 is 23.3. The number of benzene rings is 1. The zero-order chi connectivity index (χ0) is 16.2.